The van der Waals surface area contributed by atoms with Gasteiger partial charge in [0.1, 0.15) is 18.1 Å². The summed E-state index contributed by atoms with van der Waals surface area (Å²) in [5, 5.41) is 7.00. The first-order chi connectivity index (χ1) is 10.0. The molecule has 1 aliphatic heterocycles. The molecule has 21 heavy (non-hydrogen) atoms. The van der Waals surface area contributed by atoms with Crippen LogP contribution in [0.4, 0.5) is 0 Å². The summed E-state index contributed by atoms with van der Waals surface area (Å²) in [4.78, 5) is 4.57. The number of methoxy groups -OCH3 is 1. The number of hydrogen-bond acceptors (Lipinski definition) is 7. The van der Waals surface area contributed by atoms with Crippen molar-refractivity contribution in [3.63, 3.8) is 0 Å². The first-order valence-corrected chi connectivity index (χ1v) is 8.37. The van der Waals surface area contributed by atoms with Crippen molar-refractivity contribution >= 4 is 21.4 Å². The van der Waals surface area contributed by atoms with Crippen LogP contribution >= 0.6 is 11.3 Å². The maximum atomic E-state index is 11.6. The van der Waals surface area contributed by atoms with Crippen molar-refractivity contribution in [1.29, 1.82) is 0 Å². The second kappa shape index (κ2) is 5.17. The van der Waals surface area contributed by atoms with E-state index in [4.69, 9.17) is 19.3 Å². The topological polar surface area (TPSA) is 101 Å². The van der Waals surface area contributed by atoms with Crippen LogP contribution < -0.4 is 19.3 Å². The third-order valence-electron chi connectivity index (χ3n) is 2.88. The van der Waals surface area contributed by atoms with Crippen LogP contribution in [0.5, 0.6) is 17.4 Å². The highest BCUT2D eigenvalue weighted by molar-refractivity contribution is 7.89. The average molecular weight is 328 g/mol. The lowest BCUT2D eigenvalue weighted by Gasteiger charge is -2.16. The van der Waals surface area contributed by atoms with Crippen LogP contribution in [0, 0.1) is 0 Å². The van der Waals surface area contributed by atoms with Crippen LogP contribution in [0.25, 0.3) is 10.4 Å². The zero-order valence-electron chi connectivity index (χ0n) is 11.0. The minimum absolute atomic E-state index is 0.0381. The molecule has 1 aliphatic rings. The van der Waals surface area contributed by atoms with E-state index in [2.05, 4.69) is 4.98 Å². The minimum atomic E-state index is -3.94. The van der Waals surface area contributed by atoms with Crippen LogP contribution in [-0.4, -0.2) is 33.7 Å². The van der Waals surface area contributed by atoms with Gasteiger partial charge >= 0.3 is 0 Å². The van der Waals surface area contributed by atoms with Crippen molar-refractivity contribution in [2.24, 2.45) is 5.14 Å². The van der Waals surface area contributed by atoms with Crippen LogP contribution in [0.3, 0.4) is 0 Å². The van der Waals surface area contributed by atoms with E-state index in [0.29, 0.717) is 30.3 Å². The van der Waals surface area contributed by atoms with Crippen molar-refractivity contribution in [2.45, 2.75) is 4.90 Å². The second-order valence-electron chi connectivity index (χ2n) is 4.23. The molecule has 9 heteroatoms. The van der Waals surface area contributed by atoms with Gasteiger partial charge < -0.3 is 14.2 Å². The largest absolute Gasteiger partial charge is 0.485 e. The normalized spacial score (nSPS) is 14.0. The third-order valence-corrected chi connectivity index (χ3v) is 4.78. The first-order valence-electron chi connectivity index (χ1n) is 5.95. The van der Waals surface area contributed by atoms with Gasteiger partial charge in [-0.1, -0.05) is 0 Å². The fraction of sp³-hybridized carbons (Fsp3) is 0.250. The van der Waals surface area contributed by atoms with Gasteiger partial charge in [-0.3, -0.25) is 0 Å². The number of pyridine rings is 1. The van der Waals surface area contributed by atoms with Gasteiger partial charge in [0.2, 0.25) is 15.9 Å². The summed E-state index contributed by atoms with van der Waals surface area (Å²) < 4.78 is 39.2. The Bertz CT molecular complexity index is 785. The zero-order chi connectivity index (χ0) is 15.0. The summed E-state index contributed by atoms with van der Waals surface area (Å²) in [5.74, 6) is 1.21. The molecule has 7 nitrogen and oxygen atoms in total. The molecule has 112 valence electrons. The Labute approximate surface area is 125 Å². The average Bonchev–Trinajstić information content (AvgIpc) is 2.89. The molecule has 2 N–H and O–H groups in total. The highest BCUT2D eigenvalue weighted by Crippen LogP contribution is 2.46. The fourth-order valence-corrected chi connectivity index (χ4v) is 3.56. The summed E-state index contributed by atoms with van der Waals surface area (Å²) in [7, 11) is -2.60. The van der Waals surface area contributed by atoms with Crippen molar-refractivity contribution in [1.82, 2.24) is 4.98 Å². The molecular formula is C12H12N2O5S2. The van der Waals surface area contributed by atoms with Crippen LogP contribution in [-0.2, 0) is 10.0 Å². The Kier molecular flexibility index (Phi) is 3.47. The third kappa shape index (κ3) is 2.55. The molecule has 0 radical (unpaired) electrons. The van der Waals surface area contributed by atoms with Gasteiger partial charge in [-0.05, 0) is 6.07 Å². The molecule has 0 spiro atoms. The Balaban J connectivity index is 2.14. The molecule has 2 aromatic rings. The molecule has 0 saturated carbocycles. The molecule has 3 rings (SSSR count). The highest BCUT2D eigenvalue weighted by Gasteiger charge is 2.23. The molecule has 0 bridgehead atoms. The number of aromatic nitrogens is 1. The van der Waals surface area contributed by atoms with Gasteiger partial charge in [0, 0.05) is 17.1 Å². The Morgan fingerprint density at radius 2 is 2.14 bits per heavy atom. The molecule has 0 aromatic carbocycles. The molecule has 0 atom stereocenters. The molecule has 2 aromatic heterocycles. The summed E-state index contributed by atoms with van der Waals surface area (Å²) in [6.07, 6.45) is 1.51. The summed E-state index contributed by atoms with van der Waals surface area (Å²) in [5.41, 5.74) is 0.580. The molecule has 0 aliphatic carbocycles. The predicted octanol–water partition coefficient (Wildman–Crippen LogP) is 1.24. The summed E-state index contributed by atoms with van der Waals surface area (Å²) >= 11 is 1.38. The smallest absolute Gasteiger partial charge is 0.243 e. The first kappa shape index (κ1) is 14.1. The lowest BCUT2D eigenvalue weighted by atomic mass is 10.2. The number of thiophene rings is 1. The van der Waals surface area contributed by atoms with E-state index in [1.165, 1.54) is 30.7 Å². The minimum Gasteiger partial charge on any atom is -0.485 e. The lowest BCUT2D eigenvalue weighted by molar-refractivity contribution is 0.174. The molecular weight excluding hydrogens is 316 g/mol. The van der Waals surface area contributed by atoms with Gasteiger partial charge in [0.25, 0.3) is 0 Å². The fourth-order valence-electron chi connectivity index (χ4n) is 1.98. The molecule has 0 saturated heterocycles. The number of nitrogens with zero attached hydrogens (tertiary/aromatic N) is 1. The van der Waals surface area contributed by atoms with E-state index in [0.717, 1.165) is 4.88 Å². The predicted molar refractivity (Wildman–Crippen MR) is 76.5 cm³/mol. The zero-order valence-corrected chi connectivity index (χ0v) is 12.7. The van der Waals surface area contributed by atoms with E-state index in [1.54, 1.807) is 0 Å². The Morgan fingerprint density at radius 1 is 1.38 bits per heavy atom. The standard InChI is InChI=1S/C12H12N2O5S2/c1-17-12-9(21(13,15)16)4-7(5-14-12)11-10-8(6-20-11)18-2-3-19-10/h4-6H,2-3H2,1H3,(H2,13,15,16). The Hall–Kier alpha value is -1.84. The molecule has 0 unspecified atom stereocenters. The number of fused-ring (bicyclic) bond motifs is 1. The van der Waals surface area contributed by atoms with Gasteiger partial charge in [0.05, 0.1) is 12.0 Å². The van der Waals surface area contributed by atoms with Crippen molar-refractivity contribution in [3.05, 3.63) is 17.6 Å². The maximum absolute atomic E-state index is 11.6. The number of rotatable bonds is 3. The summed E-state index contributed by atoms with van der Waals surface area (Å²) in [6.45, 7) is 0.939. The van der Waals surface area contributed by atoms with Crippen LogP contribution in [0.1, 0.15) is 0 Å². The highest BCUT2D eigenvalue weighted by atomic mass is 32.2. The van der Waals surface area contributed by atoms with Crippen molar-refractivity contribution in [3.8, 4) is 27.8 Å². The molecule has 3 heterocycles. The van der Waals surface area contributed by atoms with Gasteiger partial charge in [-0.15, -0.1) is 11.3 Å². The molecule has 0 fully saturated rings. The SMILES string of the molecule is COc1ncc(-c2scc3c2OCCO3)cc1S(N)(=O)=O. The van der Waals surface area contributed by atoms with E-state index < -0.39 is 10.0 Å². The van der Waals surface area contributed by atoms with E-state index in [9.17, 15) is 8.42 Å². The van der Waals surface area contributed by atoms with Crippen LogP contribution in [0.15, 0.2) is 22.5 Å². The number of primary sulfonamides is 1. The number of nitrogens with two attached hydrogens (primary N) is 1. The Morgan fingerprint density at radius 3 is 2.86 bits per heavy atom. The van der Waals surface area contributed by atoms with Crippen molar-refractivity contribution < 1.29 is 22.6 Å². The number of ether oxygens (including phenoxy) is 3. The monoisotopic (exact) mass is 328 g/mol. The van der Waals surface area contributed by atoms with Gasteiger partial charge in [-0.25, -0.2) is 18.5 Å². The van der Waals surface area contributed by atoms with E-state index in [-0.39, 0.29) is 10.8 Å². The maximum Gasteiger partial charge on any atom is 0.243 e. The molecule has 0 amide bonds. The number of hydrogen-bond donors (Lipinski definition) is 1. The van der Waals surface area contributed by atoms with Crippen LogP contribution in [0.2, 0.25) is 0 Å². The second-order valence-corrected chi connectivity index (χ2v) is 6.64. The van der Waals surface area contributed by atoms with E-state index >= 15 is 0 Å². The summed E-state index contributed by atoms with van der Waals surface area (Å²) in [6, 6.07) is 1.42. The van der Waals surface area contributed by atoms with Gasteiger partial charge in [-0.2, -0.15) is 0 Å². The van der Waals surface area contributed by atoms with E-state index in [1.807, 2.05) is 5.38 Å². The lowest BCUT2D eigenvalue weighted by Crippen LogP contribution is -2.15. The van der Waals surface area contributed by atoms with Gasteiger partial charge in [0.15, 0.2) is 11.5 Å². The number of sulfonamides is 1. The quantitative estimate of drug-likeness (QED) is 0.909. The van der Waals surface area contributed by atoms with Crippen molar-refractivity contribution in [2.75, 3.05) is 20.3 Å².